The zero-order valence-electron chi connectivity index (χ0n) is 14.8. The molecule has 136 valence electrons. The third kappa shape index (κ3) is 5.73. The highest BCUT2D eigenvalue weighted by Crippen LogP contribution is 2.12. The van der Waals surface area contributed by atoms with Gasteiger partial charge in [-0.3, -0.25) is 14.4 Å². The summed E-state index contributed by atoms with van der Waals surface area (Å²) in [6, 6.07) is 14.1. The highest BCUT2D eigenvalue weighted by atomic mass is 16.4. The number of benzene rings is 2. The summed E-state index contributed by atoms with van der Waals surface area (Å²) in [7, 11) is 0. The molecule has 0 fully saturated rings. The first kappa shape index (κ1) is 19.2. The summed E-state index contributed by atoms with van der Waals surface area (Å²) >= 11 is 0. The van der Waals surface area contributed by atoms with E-state index in [-0.39, 0.29) is 18.4 Å². The Labute approximate surface area is 152 Å². The smallest absolute Gasteiger partial charge is 0.308 e. The molecule has 2 aromatic rings. The van der Waals surface area contributed by atoms with Gasteiger partial charge in [0.15, 0.2) is 0 Å². The van der Waals surface area contributed by atoms with E-state index in [9.17, 15) is 19.5 Å². The van der Waals surface area contributed by atoms with Crippen molar-refractivity contribution < 1.29 is 19.5 Å². The molecule has 3 N–H and O–H groups in total. The van der Waals surface area contributed by atoms with E-state index in [0.29, 0.717) is 17.7 Å². The van der Waals surface area contributed by atoms with Gasteiger partial charge in [-0.05, 0) is 43.2 Å². The Kier molecular flexibility index (Phi) is 6.49. The highest BCUT2D eigenvalue weighted by Gasteiger charge is 2.19. The quantitative estimate of drug-likeness (QED) is 0.712. The first-order valence-electron chi connectivity index (χ1n) is 8.29. The van der Waals surface area contributed by atoms with Gasteiger partial charge in [0.1, 0.15) is 0 Å². The SMILES string of the molecule is CC(=O)Nc1ccc(C(=O)NCC(Cc2cccc(C)c2)C(=O)O)cc1. The Bertz CT molecular complexity index is 800. The summed E-state index contributed by atoms with van der Waals surface area (Å²) in [6.45, 7) is 3.39. The maximum Gasteiger partial charge on any atom is 0.308 e. The molecule has 0 bridgehead atoms. The summed E-state index contributed by atoms with van der Waals surface area (Å²) in [4.78, 5) is 34.7. The molecule has 6 heteroatoms. The second kappa shape index (κ2) is 8.80. The molecule has 2 aromatic carbocycles. The minimum absolute atomic E-state index is 0.0373. The third-order valence-electron chi connectivity index (χ3n) is 3.89. The van der Waals surface area contributed by atoms with Crippen LogP contribution in [0.15, 0.2) is 48.5 Å². The molecule has 1 unspecified atom stereocenters. The number of amides is 2. The Morgan fingerprint density at radius 2 is 1.77 bits per heavy atom. The monoisotopic (exact) mass is 354 g/mol. The van der Waals surface area contributed by atoms with Crippen LogP contribution in [-0.4, -0.2) is 29.4 Å². The van der Waals surface area contributed by atoms with E-state index >= 15 is 0 Å². The van der Waals surface area contributed by atoms with Crippen LogP contribution in [0, 0.1) is 12.8 Å². The number of carboxylic acids is 1. The van der Waals surface area contributed by atoms with Crippen LogP contribution in [0.4, 0.5) is 5.69 Å². The Hall–Kier alpha value is -3.15. The molecule has 26 heavy (non-hydrogen) atoms. The molecule has 0 aliphatic heterocycles. The van der Waals surface area contributed by atoms with Crippen LogP contribution in [0.5, 0.6) is 0 Å². The number of hydrogen-bond donors (Lipinski definition) is 3. The fraction of sp³-hybridized carbons (Fsp3) is 0.250. The molecule has 0 aliphatic rings. The van der Waals surface area contributed by atoms with Crippen LogP contribution >= 0.6 is 0 Å². The van der Waals surface area contributed by atoms with Gasteiger partial charge in [0.2, 0.25) is 5.91 Å². The molecule has 0 heterocycles. The van der Waals surface area contributed by atoms with E-state index in [4.69, 9.17) is 0 Å². The van der Waals surface area contributed by atoms with Crippen LogP contribution in [0.3, 0.4) is 0 Å². The normalized spacial score (nSPS) is 11.5. The molecule has 1 atom stereocenters. The van der Waals surface area contributed by atoms with E-state index in [1.165, 1.54) is 6.92 Å². The molecule has 0 radical (unpaired) electrons. The average Bonchev–Trinajstić information content (AvgIpc) is 2.58. The molecular weight excluding hydrogens is 332 g/mol. The molecule has 0 aromatic heterocycles. The first-order chi connectivity index (χ1) is 12.3. The van der Waals surface area contributed by atoms with Gasteiger partial charge in [0.25, 0.3) is 5.91 Å². The number of aliphatic carboxylic acids is 1. The topological polar surface area (TPSA) is 95.5 Å². The average molecular weight is 354 g/mol. The number of anilines is 1. The van der Waals surface area contributed by atoms with E-state index in [0.717, 1.165) is 11.1 Å². The van der Waals surface area contributed by atoms with E-state index in [1.807, 2.05) is 31.2 Å². The molecule has 2 rings (SSSR count). The number of carboxylic acid groups (broad SMARTS) is 1. The fourth-order valence-electron chi connectivity index (χ4n) is 2.60. The predicted octanol–water partition coefficient (Wildman–Crippen LogP) is 2.63. The van der Waals surface area contributed by atoms with Crippen molar-refractivity contribution in [2.24, 2.45) is 5.92 Å². The number of nitrogens with one attached hydrogen (secondary N) is 2. The van der Waals surface area contributed by atoms with Gasteiger partial charge < -0.3 is 15.7 Å². The van der Waals surface area contributed by atoms with Gasteiger partial charge in [-0.25, -0.2) is 0 Å². The van der Waals surface area contributed by atoms with Gasteiger partial charge in [-0.1, -0.05) is 29.8 Å². The largest absolute Gasteiger partial charge is 0.481 e. The molecule has 0 saturated heterocycles. The first-order valence-corrected chi connectivity index (χ1v) is 8.29. The maximum atomic E-state index is 12.2. The summed E-state index contributed by atoms with van der Waals surface area (Å²) in [5.41, 5.74) is 2.98. The second-order valence-corrected chi connectivity index (χ2v) is 6.20. The number of hydrogen-bond acceptors (Lipinski definition) is 3. The number of carbonyl (C=O) groups is 3. The Morgan fingerprint density at radius 3 is 2.35 bits per heavy atom. The minimum atomic E-state index is -0.951. The summed E-state index contributed by atoms with van der Waals surface area (Å²) in [6.07, 6.45) is 0.346. The van der Waals surface area contributed by atoms with Crippen molar-refractivity contribution >= 4 is 23.5 Å². The molecule has 0 spiro atoms. The number of aryl methyl sites for hydroxylation is 1. The van der Waals surface area contributed by atoms with Crippen molar-refractivity contribution in [3.8, 4) is 0 Å². The van der Waals surface area contributed by atoms with Crippen molar-refractivity contribution in [2.75, 3.05) is 11.9 Å². The van der Waals surface area contributed by atoms with Crippen molar-refractivity contribution in [2.45, 2.75) is 20.3 Å². The molecular formula is C20H22N2O4. The fourth-order valence-corrected chi connectivity index (χ4v) is 2.60. The van der Waals surface area contributed by atoms with Crippen molar-refractivity contribution in [3.05, 3.63) is 65.2 Å². The summed E-state index contributed by atoms with van der Waals surface area (Å²) in [5.74, 6) is -2.20. The Morgan fingerprint density at radius 1 is 1.08 bits per heavy atom. The lowest BCUT2D eigenvalue weighted by Crippen LogP contribution is -2.34. The van der Waals surface area contributed by atoms with Crippen LogP contribution in [0.25, 0.3) is 0 Å². The van der Waals surface area contributed by atoms with Gasteiger partial charge in [-0.15, -0.1) is 0 Å². The lowest BCUT2D eigenvalue weighted by molar-refractivity contribution is -0.141. The van der Waals surface area contributed by atoms with Crippen LogP contribution in [-0.2, 0) is 16.0 Å². The summed E-state index contributed by atoms with van der Waals surface area (Å²) in [5, 5.41) is 14.7. The summed E-state index contributed by atoms with van der Waals surface area (Å²) < 4.78 is 0. The molecule has 0 aliphatic carbocycles. The highest BCUT2D eigenvalue weighted by molar-refractivity contribution is 5.95. The van der Waals surface area contributed by atoms with Crippen molar-refractivity contribution in [1.82, 2.24) is 5.32 Å². The second-order valence-electron chi connectivity index (χ2n) is 6.20. The molecule has 2 amide bonds. The third-order valence-corrected chi connectivity index (χ3v) is 3.89. The maximum absolute atomic E-state index is 12.2. The van der Waals surface area contributed by atoms with Gasteiger partial charge in [-0.2, -0.15) is 0 Å². The van der Waals surface area contributed by atoms with Crippen molar-refractivity contribution in [3.63, 3.8) is 0 Å². The van der Waals surface area contributed by atoms with Gasteiger partial charge in [0, 0.05) is 24.7 Å². The van der Waals surface area contributed by atoms with E-state index in [2.05, 4.69) is 10.6 Å². The number of carbonyl (C=O) groups excluding carboxylic acids is 2. The zero-order chi connectivity index (χ0) is 19.1. The minimum Gasteiger partial charge on any atom is -0.481 e. The van der Waals surface area contributed by atoms with Gasteiger partial charge in [0.05, 0.1) is 5.92 Å². The van der Waals surface area contributed by atoms with E-state index in [1.54, 1.807) is 24.3 Å². The predicted molar refractivity (Wildman–Crippen MR) is 99.1 cm³/mol. The lowest BCUT2D eigenvalue weighted by atomic mass is 9.98. The molecule has 0 saturated carbocycles. The molecule has 6 nitrogen and oxygen atoms in total. The van der Waals surface area contributed by atoms with Crippen LogP contribution in [0.2, 0.25) is 0 Å². The lowest BCUT2D eigenvalue weighted by Gasteiger charge is -2.14. The van der Waals surface area contributed by atoms with E-state index < -0.39 is 11.9 Å². The number of rotatable bonds is 7. The standard InChI is InChI=1S/C20H22N2O4/c1-13-4-3-5-15(10-13)11-17(20(25)26)12-21-19(24)16-6-8-18(9-7-16)22-14(2)23/h3-10,17H,11-12H2,1-2H3,(H,21,24)(H,22,23)(H,25,26). The van der Waals surface area contributed by atoms with Crippen LogP contribution < -0.4 is 10.6 Å². The van der Waals surface area contributed by atoms with Crippen molar-refractivity contribution in [1.29, 1.82) is 0 Å². The van der Waals surface area contributed by atoms with Gasteiger partial charge >= 0.3 is 5.97 Å². The Balaban J connectivity index is 1.96. The van der Waals surface area contributed by atoms with Crippen LogP contribution in [0.1, 0.15) is 28.4 Å². The zero-order valence-corrected chi connectivity index (χ0v) is 14.8.